The van der Waals surface area contributed by atoms with Gasteiger partial charge in [0.25, 0.3) is 0 Å². The van der Waals surface area contributed by atoms with E-state index in [0.717, 1.165) is 16.8 Å². The van der Waals surface area contributed by atoms with Gasteiger partial charge in [0.15, 0.2) is 16.6 Å². The monoisotopic (exact) mass is 378 g/mol. The fourth-order valence-electron chi connectivity index (χ4n) is 2.86. The van der Waals surface area contributed by atoms with Crippen LogP contribution in [0.2, 0.25) is 0 Å². The van der Waals surface area contributed by atoms with Gasteiger partial charge in [0.2, 0.25) is 0 Å². The smallest absolute Gasteiger partial charge is 0.171 e. The van der Waals surface area contributed by atoms with E-state index in [2.05, 4.69) is 34.9 Å². The molecule has 0 saturated carbocycles. The second-order valence-corrected chi connectivity index (χ2v) is 6.33. The highest BCUT2D eigenvalue weighted by molar-refractivity contribution is 7.80. The standard InChI is InChI=1S/C22H22N2O2S/c1-25-19-14-13-18(15-20(19)26-2)23-22(27)24-21(16-9-5-3-6-10-16)17-11-7-4-8-12-17/h3-15,21H,1-2H3,(H2,23,24,27). The first-order chi connectivity index (χ1) is 13.2. The molecule has 0 aliphatic carbocycles. The Morgan fingerprint density at radius 3 is 1.85 bits per heavy atom. The summed E-state index contributed by atoms with van der Waals surface area (Å²) in [7, 11) is 3.22. The molecule has 0 aliphatic heterocycles. The molecular weight excluding hydrogens is 356 g/mol. The van der Waals surface area contributed by atoms with Gasteiger partial charge in [-0.2, -0.15) is 0 Å². The van der Waals surface area contributed by atoms with Gasteiger partial charge >= 0.3 is 0 Å². The Labute approximate surface area is 165 Å². The second kappa shape index (κ2) is 9.05. The summed E-state index contributed by atoms with van der Waals surface area (Å²) in [5, 5.41) is 7.16. The summed E-state index contributed by atoms with van der Waals surface area (Å²) in [5.74, 6) is 1.32. The lowest BCUT2D eigenvalue weighted by molar-refractivity contribution is 0.355. The number of thiocarbonyl (C=S) groups is 1. The van der Waals surface area contributed by atoms with Gasteiger partial charge in [0.05, 0.1) is 20.3 Å². The second-order valence-electron chi connectivity index (χ2n) is 5.92. The zero-order valence-electron chi connectivity index (χ0n) is 15.3. The van der Waals surface area contributed by atoms with Crippen molar-refractivity contribution in [2.45, 2.75) is 6.04 Å². The molecule has 0 saturated heterocycles. The van der Waals surface area contributed by atoms with Gasteiger partial charge in [-0.05, 0) is 35.5 Å². The number of anilines is 1. The molecule has 27 heavy (non-hydrogen) atoms. The number of rotatable bonds is 6. The van der Waals surface area contributed by atoms with E-state index in [1.165, 1.54) is 0 Å². The Balaban J connectivity index is 1.79. The Kier molecular flexibility index (Phi) is 6.28. The minimum Gasteiger partial charge on any atom is -0.493 e. The predicted octanol–water partition coefficient (Wildman–Crippen LogP) is 4.78. The lowest BCUT2D eigenvalue weighted by Gasteiger charge is -2.22. The van der Waals surface area contributed by atoms with Crippen molar-refractivity contribution >= 4 is 23.0 Å². The molecule has 0 amide bonds. The predicted molar refractivity (Wildman–Crippen MR) is 114 cm³/mol. The van der Waals surface area contributed by atoms with Crippen LogP contribution in [0.25, 0.3) is 0 Å². The van der Waals surface area contributed by atoms with Gasteiger partial charge in [-0.15, -0.1) is 0 Å². The van der Waals surface area contributed by atoms with E-state index in [-0.39, 0.29) is 6.04 Å². The normalized spacial score (nSPS) is 10.3. The molecular formula is C22H22N2O2S. The summed E-state index contributed by atoms with van der Waals surface area (Å²) in [6.45, 7) is 0. The number of hydrogen-bond acceptors (Lipinski definition) is 3. The van der Waals surface area contributed by atoms with Gasteiger partial charge in [0, 0.05) is 11.8 Å². The van der Waals surface area contributed by atoms with Crippen LogP contribution in [0.15, 0.2) is 78.9 Å². The van der Waals surface area contributed by atoms with E-state index in [1.54, 1.807) is 14.2 Å². The molecule has 0 aromatic heterocycles. The van der Waals surface area contributed by atoms with Crippen LogP contribution >= 0.6 is 12.2 Å². The zero-order valence-corrected chi connectivity index (χ0v) is 16.1. The lowest BCUT2D eigenvalue weighted by Crippen LogP contribution is -2.33. The van der Waals surface area contributed by atoms with E-state index in [4.69, 9.17) is 21.7 Å². The first-order valence-corrected chi connectivity index (χ1v) is 9.01. The van der Waals surface area contributed by atoms with Crippen molar-refractivity contribution in [2.75, 3.05) is 19.5 Å². The average Bonchev–Trinajstić information content (AvgIpc) is 2.73. The summed E-state index contributed by atoms with van der Waals surface area (Å²) in [5.41, 5.74) is 3.10. The molecule has 3 aromatic rings. The van der Waals surface area contributed by atoms with Crippen molar-refractivity contribution in [2.24, 2.45) is 0 Å². The zero-order chi connectivity index (χ0) is 19.1. The summed E-state index contributed by atoms with van der Waals surface area (Å²) in [6.07, 6.45) is 0. The van der Waals surface area contributed by atoms with Crippen molar-refractivity contribution < 1.29 is 9.47 Å². The molecule has 5 heteroatoms. The topological polar surface area (TPSA) is 42.5 Å². The number of methoxy groups -OCH3 is 2. The molecule has 0 fully saturated rings. The molecule has 0 unspecified atom stereocenters. The largest absolute Gasteiger partial charge is 0.493 e. The van der Waals surface area contributed by atoms with E-state index in [1.807, 2.05) is 54.6 Å². The molecule has 0 spiro atoms. The number of nitrogens with one attached hydrogen (secondary N) is 2. The first kappa shape index (κ1) is 18.7. The van der Waals surface area contributed by atoms with Crippen LogP contribution < -0.4 is 20.1 Å². The van der Waals surface area contributed by atoms with Gasteiger partial charge in [-0.25, -0.2) is 0 Å². The fraction of sp³-hybridized carbons (Fsp3) is 0.136. The van der Waals surface area contributed by atoms with E-state index >= 15 is 0 Å². The van der Waals surface area contributed by atoms with Crippen LogP contribution in [0, 0.1) is 0 Å². The number of hydrogen-bond donors (Lipinski definition) is 2. The minimum atomic E-state index is -0.0486. The molecule has 2 N–H and O–H groups in total. The average molecular weight is 378 g/mol. The van der Waals surface area contributed by atoms with E-state index in [9.17, 15) is 0 Å². The lowest BCUT2D eigenvalue weighted by atomic mass is 9.99. The van der Waals surface area contributed by atoms with Crippen LogP contribution in [0.3, 0.4) is 0 Å². The highest BCUT2D eigenvalue weighted by Gasteiger charge is 2.15. The van der Waals surface area contributed by atoms with Crippen LogP contribution in [-0.2, 0) is 0 Å². The highest BCUT2D eigenvalue weighted by atomic mass is 32.1. The van der Waals surface area contributed by atoms with Crippen molar-refractivity contribution in [1.29, 1.82) is 0 Å². The van der Waals surface area contributed by atoms with Crippen LogP contribution in [0.4, 0.5) is 5.69 Å². The summed E-state index contributed by atoms with van der Waals surface area (Å²) in [4.78, 5) is 0. The quantitative estimate of drug-likeness (QED) is 0.604. The highest BCUT2D eigenvalue weighted by Crippen LogP contribution is 2.30. The van der Waals surface area contributed by atoms with Crippen LogP contribution in [-0.4, -0.2) is 19.3 Å². The number of benzene rings is 3. The van der Waals surface area contributed by atoms with E-state index in [0.29, 0.717) is 16.6 Å². The maximum atomic E-state index is 5.56. The van der Waals surface area contributed by atoms with Gasteiger partial charge in [-0.3, -0.25) is 0 Å². The first-order valence-electron chi connectivity index (χ1n) is 8.60. The SMILES string of the molecule is COc1ccc(NC(=S)NC(c2ccccc2)c2ccccc2)cc1OC. The van der Waals surface area contributed by atoms with Gasteiger partial charge in [0.1, 0.15) is 0 Å². The van der Waals surface area contributed by atoms with Crippen molar-refractivity contribution in [1.82, 2.24) is 5.32 Å². The molecule has 0 heterocycles. The summed E-state index contributed by atoms with van der Waals surface area (Å²) in [6, 6.07) is 26.0. The molecule has 3 aromatic carbocycles. The Hall–Kier alpha value is -3.05. The van der Waals surface area contributed by atoms with Gasteiger partial charge in [-0.1, -0.05) is 60.7 Å². The molecule has 0 bridgehead atoms. The Bertz CT molecular complexity index is 846. The Morgan fingerprint density at radius 1 is 0.778 bits per heavy atom. The molecule has 0 radical (unpaired) electrons. The minimum absolute atomic E-state index is 0.0486. The molecule has 4 nitrogen and oxygen atoms in total. The maximum absolute atomic E-state index is 5.56. The van der Waals surface area contributed by atoms with E-state index < -0.39 is 0 Å². The van der Waals surface area contributed by atoms with Gasteiger partial charge < -0.3 is 20.1 Å². The third-order valence-electron chi connectivity index (χ3n) is 4.18. The summed E-state index contributed by atoms with van der Waals surface area (Å²) < 4.78 is 10.6. The fourth-order valence-corrected chi connectivity index (χ4v) is 3.10. The number of ether oxygens (including phenoxy) is 2. The summed E-state index contributed by atoms with van der Waals surface area (Å²) >= 11 is 5.56. The van der Waals surface area contributed by atoms with Crippen LogP contribution in [0.1, 0.15) is 17.2 Å². The Morgan fingerprint density at radius 2 is 1.33 bits per heavy atom. The van der Waals surface area contributed by atoms with Crippen molar-refractivity contribution in [3.05, 3.63) is 90.0 Å². The molecule has 3 rings (SSSR count). The molecule has 0 atom stereocenters. The third-order valence-corrected chi connectivity index (χ3v) is 4.40. The van der Waals surface area contributed by atoms with Crippen molar-refractivity contribution in [3.8, 4) is 11.5 Å². The van der Waals surface area contributed by atoms with Crippen LogP contribution in [0.5, 0.6) is 11.5 Å². The third kappa shape index (κ3) is 4.77. The molecule has 138 valence electrons. The maximum Gasteiger partial charge on any atom is 0.171 e. The van der Waals surface area contributed by atoms with Crippen molar-refractivity contribution in [3.63, 3.8) is 0 Å². The molecule has 0 aliphatic rings.